The predicted molar refractivity (Wildman–Crippen MR) is 83.7 cm³/mol. The zero-order valence-electron chi connectivity index (χ0n) is 11.2. The zero-order valence-corrected chi connectivity index (χ0v) is 15.1. The van der Waals surface area contributed by atoms with Gasteiger partial charge in [0, 0.05) is 22.0 Å². The molecule has 1 aromatic carbocycles. The number of nitrogens with zero attached hydrogens (tertiary/aromatic N) is 1. The summed E-state index contributed by atoms with van der Waals surface area (Å²) in [6.07, 6.45) is 2.25. The van der Waals surface area contributed by atoms with Crippen LogP contribution in [0, 0.1) is 12.8 Å². The average molecular weight is 411 g/mol. The Morgan fingerprint density at radius 1 is 1.26 bits per heavy atom. The van der Waals surface area contributed by atoms with Gasteiger partial charge >= 0.3 is 0 Å². The van der Waals surface area contributed by atoms with E-state index in [1.165, 1.54) is 4.31 Å². The number of hydrogen-bond donors (Lipinski definition) is 0. The minimum atomic E-state index is -3.46. The van der Waals surface area contributed by atoms with E-state index in [1.807, 2.05) is 19.9 Å². The van der Waals surface area contributed by atoms with Gasteiger partial charge in [-0.05, 0) is 66.2 Å². The van der Waals surface area contributed by atoms with E-state index in [-0.39, 0.29) is 6.04 Å². The van der Waals surface area contributed by atoms with E-state index in [2.05, 4.69) is 31.9 Å². The molecule has 1 aliphatic rings. The number of aryl methyl sites for hydroxylation is 1. The van der Waals surface area contributed by atoms with Crippen LogP contribution in [0.2, 0.25) is 0 Å². The molecular weight excluding hydrogens is 394 g/mol. The van der Waals surface area contributed by atoms with Gasteiger partial charge < -0.3 is 0 Å². The number of benzene rings is 1. The first kappa shape index (κ1) is 15.5. The van der Waals surface area contributed by atoms with Crippen LogP contribution in [0.15, 0.2) is 26.0 Å². The van der Waals surface area contributed by atoms with Gasteiger partial charge in [-0.1, -0.05) is 15.9 Å². The van der Waals surface area contributed by atoms with Crippen molar-refractivity contribution < 1.29 is 8.42 Å². The Hall–Kier alpha value is 0.0900. The summed E-state index contributed by atoms with van der Waals surface area (Å²) >= 11 is 6.76. The van der Waals surface area contributed by atoms with Crippen molar-refractivity contribution >= 4 is 41.9 Å². The first-order valence-corrected chi connectivity index (χ1v) is 9.21. The molecule has 1 aliphatic carbocycles. The molecule has 0 aromatic heterocycles. The lowest BCUT2D eigenvalue weighted by molar-refractivity contribution is 0.357. The Morgan fingerprint density at radius 2 is 1.84 bits per heavy atom. The maximum atomic E-state index is 12.7. The van der Waals surface area contributed by atoms with Gasteiger partial charge in [0.05, 0.1) is 4.90 Å². The standard InChI is InChI=1S/C13H17Br2NO2S/c1-8-6-12(15)13(7-11(8)14)19(17,18)16(3)9(2)10-4-5-10/h6-7,9-10H,4-5H2,1-3H3. The van der Waals surface area contributed by atoms with Crippen molar-refractivity contribution in [2.75, 3.05) is 7.05 Å². The van der Waals surface area contributed by atoms with Crippen molar-refractivity contribution in [1.29, 1.82) is 0 Å². The van der Waals surface area contributed by atoms with E-state index in [4.69, 9.17) is 0 Å². The summed E-state index contributed by atoms with van der Waals surface area (Å²) in [6, 6.07) is 3.55. The highest BCUT2D eigenvalue weighted by Gasteiger charge is 2.36. The quantitative estimate of drug-likeness (QED) is 0.753. The Balaban J connectivity index is 2.41. The minimum Gasteiger partial charge on any atom is -0.207 e. The Bertz CT molecular complexity index is 597. The maximum Gasteiger partial charge on any atom is 0.244 e. The molecule has 0 radical (unpaired) electrons. The molecule has 1 aromatic rings. The van der Waals surface area contributed by atoms with Crippen LogP contribution in [-0.2, 0) is 10.0 Å². The average Bonchev–Trinajstić information content (AvgIpc) is 3.15. The third-order valence-electron chi connectivity index (χ3n) is 3.75. The monoisotopic (exact) mass is 409 g/mol. The number of rotatable bonds is 4. The van der Waals surface area contributed by atoms with Crippen LogP contribution in [-0.4, -0.2) is 25.8 Å². The third kappa shape index (κ3) is 3.06. The Labute approximate surface area is 131 Å². The summed E-state index contributed by atoms with van der Waals surface area (Å²) < 4.78 is 28.2. The lowest BCUT2D eigenvalue weighted by Gasteiger charge is -2.25. The molecule has 1 fully saturated rings. The van der Waals surface area contributed by atoms with Gasteiger partial charge in [-0.3, -0.25) is 0 Å². The molecule has 1 unspecified atom stereocenters. The molecule has 0 bridgehead atoms. The van der Waals surface area contributed by atoms with Crippen molar-refractivity contribution in [2.24, 2.45) is 5.92 Å². The molecule has 0 N–H and O–H groups in total. The largest absolute Gasteiger partial charge is 0.244 e. The van der Waals surface area contributed by atoms with Crippen LogP contribution in [0.4, 0.5) is 0 Å². The summed E-state index contributed by atoms with van der Waals surface area (Å²) in [6.45, 7) is 3.91. The Morgan fingerprint density at radius 3 is 2.37 bits per heavy atom. The lowest BCUT2D eigenvalue weighted by atomic mass is 10.2. The van der Waals surface area contributed by atoms with Crippen molar-refractivity contribution in [2.45, 2.75) is 37.6 Å². The van der Waals surface area contributed by atoms with Crippen LogP contribution >= 0.6 is 31.9 Å². The van der Waals surface area contributed by atoms with Gasteiger partial charge in [0.15, 0.2) is 0 Å². The van der Waals surface area contributed by atoms with Crippen molar-refractivity contribution in [3.05, 3.63) is 26.6 Å². The number of sulfonamides is 1. The van der Waals surface area contributed by atoms with Gasteiger partial charge in [0.25, 0.3) is 0 Å². The fourth-order valence-electron chi connectivity index (χ4n) is 2.08. The second kappa shape index (κ2) is 5.47. The van der Waals surface area contributed by atoms with Crippen molar-refractivity contribution in [3.8, 4) is 0 Å². The number of halogens is 2. The summed E-state index contributed by atoms with van der Waals surface area (Å²) in [5.74, 6) is 0.507. The molecule has 0 aliphatic heterocycles. The third-order valence-corrected chi connectivity index (χ3v) is 7.51. The summed E-state index contributed by atoms with van der Waals surface area (Å²) in [5, 5.41) is 0. The van der Waals surface area contributed by atoms with Crippen LogP contribution < -0.4 is 0 Å². The Kier molecular flexibility index (Phi) is 4.45. The van der Waals surface area contributed by atoms with E-state index in [1.54, 1.807) is 13.1 Å². The van der Waals surface area contributed by atoms with Crippen LogP contribution in [0.3, 0.4) is 0 Å². The van der Waals surface area contributed by atoms with Crippen LogP contribution in [0.1, 0.15) is 25.3 Å². The molecule has 3 nitrogen and oxygen atoms in total. The molecule has 1 atom stereocenters. The molecular formula is C13H17Br2NO2S. The van der Waals surface area contributed by atoms with Crippen LogP contribution in [0.5, 0.6) is 0 Å². The van der Waals surface area contributed by atoms with E-state index >= 15 is 0 Å². The highest BCUT2D eigenvalue weighted by atomic mass is 79.9. The van der Waals surface area contributed by atoms with E-state index in [0.717, 1.165) is 22.9 Å². The van der Waals surface area contributed by atoms with E-state index in [9.17, 15) is 8.42 Å². The second-order valence-corrected chi connectivity index (χ2v) is 8.81. The molecule has 0 saturated heterocycles. The molecule has 106 valence electrons. The first-order valence-electron chi connectivity index (χ1n) is 6.19. The fourth-order valence-corrected chi connectivity index (χ4v) is 5.13. The molecule has 0 amide bonds. The molecule has 6 heteroatoms. The minimum absolute atomic E-state index is 0.0528. The second-order valence-electron chi connectivity index (χ2n) is 5.13. The van der Waals surface area contributed by atoms with E-state index in [0.29, 0.717) is 15.3 Å². The SMILES string of the molecule is Cc1cc(Br)c(S(=O)(=O)N(C)C(C)C2CC2)cc1Br. The lowest BCUT2D eigenvalue weighted by Crippen LogP contribution is -2.36. The molecule has 0 spiro atoms. The van der Waals surface area contributed by atoms with Gasteiger partial charge in [-0.2, -0.15) is 4.31 Å². The highest BCUT2D eigenvalue weighted by molar-refractivity contribution is 9.11. The topological polar surface area (TPSA) is 37.4 Å². The highest BCUT2D eigenvalue weighted by Crippen LogP contribution is 2.38. The zero-order chi connectivity index (χ0) is 14.4. The van der Waals surface area contributed by atoms with Gasteiger partial charge in [0.1, 0.15) is 0 Å². The molecule has 19 heavy (non-hydrogen) atoms. The molecule has 1 saturated carbocycles. The smallest absolute Gasteiger partial charge is 0.207 e. The fraction of sp³-hybridized carbons (Fsp3) is 0.538. The summed E-state index contributed by atoms with van der Waals surface area (Å²) in [4.78, 5) is 0.319. The molecule has 2 rings (SSSR count). The van der Waals surface area contributed by atoms with Crippen molar-refractivity contribution in [3.63, 3.8) is 0 Å². The summed E-state index contributed by atoms with van der Waals surface area (Å²) in [5.41, 5.74) is 1.00. The van der Waals surface area contributed by atoms with Gasteiger partial charge in [-0.15, -0.1) is 0 Å². The maximum absolute atomic E-state index is 12.7. The van der Waals surface area contributed by atoms with Gasteiger partial charge in [-0.25, -0.2) is 8.42 Å². The molecule has 0 heterocycles. The van der Waals surface area contributed by atoms with Crippen LogP contribution in [0.25, 0.3) is 0 Å². The van der Waals surface area contributed by atoms with Crippen molar-refractivity contribution in [1.82, 2.24) is 4.31 Å². The summed E-state index contributed by atoms with van der Waals surface area (Å²) in [7, 11) is -1.79. The van der Waals surface area contributed by atoms with Gasteiger partial charge in [0.2, 0.25) is 10.0 Å². The normalized spacial score (nSPS) is 17.8. The van der Waals surface area contributed by atoms with E-state index < -0.39 is 10.0 Å². The predicted octanol–water partition coefficient (Wildman–Crippen LogP) is 3.94. The first-order chi connectivity index (χ1) is 8.75. The number of hydrogen-bond acceptors (Lipinski definition) is 2.